The number of thiol groups is 1. The Morgan fingerprint density at radius 3 is 2.67 bits per heavy atom. The molecule has 1 atom stereocenters. The zero-order valence-corrected chi connectivity index (χ0v) is 8.02. The lowest BCUT2D eigenvalue weighted by atomic mass is 10.2. The first-order valence-corrected chi connectivity index (χ1v) is 5.04. The number of hydrogen-bond donors (Lipinski definition) is 3. The van der Waals surface area contributed by atoms with Crippen LogP contribution in [-0.2, 0) is 4.79 Å². The molecule has 4 heteroatoms. The number of hydrogen-bond acceptors (Lipinski definition) is 3. The van der Waals surface area contributed by atoms with Gasteiger partial charge in [-0.25, -0.2) is 0 Å². The maximum Gasteiger partial charge on any atom is 0.237 e. The van der Waals surface area contributed by atoms with Gasteiger partial charge in [-0.2, -0.15) is 12.6 Å². The van der Waals surface area contributed by atoms with Crippen LogP contribution in [-0.4, -0.2) is 23.7 Å². The Morgan fingerprint density at radius 1 is 1.58 bits per heavy atom. The third-order valence-electron chi connectivity index (χ3n) is 2.24. The van der Waals surface area contributed by atoms with Gasteiger partial charge in [0.15, 0.2) is 0 Å². The van der Waals surface area contributed by atoms with E-state index in [-0.39, 0.29) is 5.91 Å². The second-order valence-electron chi connectivity index (χ2n) is 3.28. The van der Waals surface area contributed by atoms with E-state index in [0.29, 0.717) is 11.8 Å². The summed E-state index contributed by atoms with van der Waals surface area (Å²) in [6.07, 6.45) is 4.65. The van der Waals surface area contributed by atoms with Gasteiger partial charge >= 0.3 is 0 Å². The van der Waals surface area contributed by atoms with E-state index < -0.39 is 6.04 Å². The summed E-state index contributed by atoms with van der Waals surface area (Å²) in [4.78, 5) is 11.2. The summed E-state index contributed by atoms with van der Waals surface area (Å²) in [5, 5.41) is 2.92. The van der Waals surface area contributed by atoms with Gasteiger partial charge < -0.3 is 11.1 Å². The number of rotatable bonds is 3. The van der Waals surface area contributed by atoms with E-state index in [9.17, 15) is 4.79 Å². The third-order valence-corrected chi connectivity index (χ3v) is 2.63. The van der Waals surface area contributed by atoms with Crippen molar-refractivity contribution < 1.29 is 4.79 Å². The molecule has 1 rings (SSSR count). The van der Waals surface area contributed by atoms with Crippen molar-refractivity contribution in [1.29, 1.82) is 0 Å². The smallest absolute Gasteiger partial charge is 0.237 e. The Bertz CT molecular complexity index is 157. The lowest BCUT2D eigenvalue weighted by Crippen LogP contribution is -2.45. The Kier molecular flexibility index (Phi) is 3.88. The lowest BCUT2D eigenvalue weighted by Gasteiger charge is -2.14. The summed E-state index contributed by atoms with van der Waals surface area (Å²) in [7, 11) is 0. The highest BCUT2D eigenvalue weighted by Crippen LogP contribution is 2.17. The molecule has 0 spiro atoms. The number of amides is 1. The van der Waals surface area contributed by atoms with E-state index in [4.69, 9.17) is 5.73 Å². The highest BCUT2D eigenvalue weighted by molar-refractivity contribution is 7.80. The van der Waals surface area contributed by atoms with Crippen LogP contribution in [0.4, 0.5) is 0 Å². The van der Waals surface area contributed by atoms with Crippen molar-refractivity contribution in [3.63, 3.8) is 0 Å². The zero-order chi connectivity index (χ0) is 8.97. The second kappa shape index (κ2) is 4.72. The predicted molar refractivity (Wildman–Crippen MR) is 52.2 cm³/mol. The largest absolute Gasteiger partial charge is 0.352 e. The maximum absolute atomic E-state index is 11.2. The number of nitrogens with two attached hydrogens (primary N) is 1. The molecular weight excluding hydrogens is 172 g/mol. The Balaban J connectivity index is 2.25. The van der Waals surface area contributed by atoms with Crippen LogP contribution >= 0.6 is 12.6 Å². The van der Waals surface area contributed by atoms with Gasteiger partial charge in [-0.3, -0.25) is 4.79 Å². The second-order valence-corrected chi connectivity index (χ2v) is 3.64. The van der Waals surface area contributed by atoms with Crippen molar-refractivity contribution in [2.24, 2.45) is 5.73 Å². The molecule has 0 radical (unpaired) electrons. The average molecular weight is 188 g/mol. The molecule has 12 heavy (non-hydrogen) atoms. The zero-order valence-electron chi connectivity index (χ0n) is 7.12. The molecule has 1 fully saturated rings. The van der Waals surface area contributed by atoms with Crippen LogP contribution in [0.3, 0.4) is 0 Å². The summed E-state index contributed by atoms with van der Waals surface area (Å²) in [6.45, 7) is 0. The third kappa shape index (κ3) is 2.68. The van der Waals surface area contributed by atoms with Crippen LogP contribution in [0.5, 0.6) is 0 Å². The van der Waals surface area contributed by atoms with Crippen LogP contribution < -0.4 is 11.1 Å². The average Bonchev–Trinajstić information content (AvgIpc) is 2.55. The highest BCUT2D eigenvalue weighted by Gasteiger charge is 2.19. The van der Waals surface area contributed by atoms with Crippen molar-refractivity contribution in [2.75, 3.05) is 5.75 Å². The van der Waals surface area contributed by atoms with Crippen molar-refractivity contribution in [1.82, 2.24) is 5.32 Å². The van der Waals surface area contributed by atoms with E-state index in [1.54, 1.807) is 0 Å². The Hall–Kier alpha value is -0.220. The summed E-state index contributed by atoms with van der Waals surface area (Å²) < 4.78 is 0. The fourth-order valence-electron chi connectivity index (χ4n) is 1.46. The Morgan fingerprint density at radius 2 is 2.17 bits per heavy atom. The molecule has 3 N–H and O–H groups in total. The van der Waals surface area contributed by atoms with Crippen LogP contribution in [0.25, 0.3) is 0 Å². The van der Waals surface area contributed by atoms with Gasteiger partial charge in [0, 0.05) is 11.8 Å². The molecule has 0 heterocycles. The van der Waals surface area contributed by atoms with Crippen molar-refractivity contribution in [3.05, 3.63) is 0 Å². The van der Waals surface area contributed by atoms with Gasteiger partial charge in [-0.15, -0.1) is 0 Å². The van der Waals surface area contributed by atoms with Crippen molar-refractivity contribution >= 4 is 18.5 Å². The van der Waals surface area contributed by atoms with Crippen LogP contribution in [0.2, 0.25) is 0 Å². The minimum absolute atomic E-state index is 0.0584. The molecule has 3 nitrogen and oxygen atoms in total. The van der Waals surface area contributed by atoms with Crippen molar-refractivity contribution in [2.45, 2.75) is 37.8 Å². The minimum atomic E-state index is -0.450. The molecular formula is C8H16N2OS. The number of carbonyl (C=O) groups is 1. The van der Waals surface area contributed by atoms with E-state index in [1.807, 2.05) is 0 Å². The van der Waals surface area contributed by atoms with Gasteiger partial charge in [-0.1, -0.05) is 12.8 Å². The first kappa shape index (κ1) is 9.86. The monoisotopic (exact) mass is 188 g/mol. The first-order chi connectivity index (χ1) is 5.74. The van der Waals surface area contributed by atoms with Crippen LogP contribution in [0, 0.1) is 0 Å². The maximum atomic E-state index is 11.2. The van der Waals surface area contributed by atoms with Crippen LogP contribution in [0.15, 0.2) is 0 Å². The summed E-state index contributed by atoms with van der Waals surface area (Å²) >= 11 is 3.97. The van der Waals surface area contributed by atoms with E-state index in [2.05, 4.69) is 17.9 Å². The standard InChI is InChI=1S/C8H16N2OS/c9-7(5-12)8(11)10-6-3-1-2-4-6/h6-7,12H,1-5,9H2,(H,10,11). The van der Waals surface area contributed by atoms with E-state index >= 15 is 0 Å². The molecule has 0 aliphatic heterocycles. The topological polar surface area (TPSA) is 55.1 Å². The molecule has 0 bridgehead atoms. The fraction of sp³-hybridized carbons (Fsp3) is 0.875. The Labute approximate surface area is 78.5 Å². The van der Waals surface area contributed by atoms with E-state index in [1.165, 1.54) is 12.8 Å². The molecule has 1 aliphatic rings. The molecule has 0 aromatic rings. The van der Waals surface area contributed by atoms with Gasteiger partial charge in [0.25, 0.3) is 0 Å². The summed E-state index contributed by atoms with van der Waals surface area (Å²) in [5.41, 5.74) is 5.51. The summed E-state index contributed by atoms with van der Waals surface area (Å²) in [5.74, 6) is 0.357. The number of nitrogens with one attached hydrogen (secondary N) is 1. The highest BCUT2D eigenvalue weighted by atomic mass is 32.1. The van der Waals surface area contributed by atoms with Crippen LogP contribution in [0.1, 0.15) is 25.7 Å². The number of carbonyl (C=O) groups excluding carboxylic acids is 1. The van der Waals surface area contributed by atoms with Crippen molar-refractivity contribution in [3.8, 4) is 0 Å². The molecule has 0 saturated heterocycles. The SMILES string of the molecule is NC(CS)C(=O)NC1CCCC1. The normalized spacial score (nSPS) is 20.8. The van der Waals surface area contributed by atoms with Gasteiger partial charge in [0.1, 0.15) is 0 Å². The van der Waals surface area contributed by atoms with Gasteiger partial charge in [0.05, 0.1) is 6.04 Å². The predicted octanol–water partition coefficient (Wildman–Crippen LogP) is 0.302. The molecule has 70 valence electrons. The fourth-order valence-corrected chi connectivity index (χ4v) is 1.63. The molecule has 0 aromatic heterocycles. The molecule has 1 aliphatic carbocycles. The molecule has 1 unspecified atom stereocenters. The van der Waals surface area contributed by atoms with Gasteiger partial charge in [-0.05, 0) is 12.8 Å². The molecule has 0 aromatic carbocycles. The molecule has 1 saturated carbocycles. The lowest BCUT2D eigenvalue weighted by molar-refractivity contribution is -0.122. The molecule has 1 amide bonds. The first-order valence-electron chi connectivity index (χ1n) is 4.41. The quantitative estimate of drug-likeness (QED) is 0.558. The summed E-state index contributed by atoms with van der Waals surface area (Å²) in [6, 6.07) is -0.0858. The van der Waals surface area contributed by atoms with E-state index in [0.717, 1.165) is 12.8 Å². The minimum Gasteiger partial charge on any atom is -0.352 e. The van der Waals surface area contributed by atoms with Gasteiger partial charge in [0.2, 0.25) is 5.91 Å².